The number of hydrogen-bond acceptors (Lipinski definition) is 3. The lowest BCUT2D eigenvalue weighted by Crippen LogP contribution is -2.24. The Morgan fingerprint density at radius 1 is 1.71 bits per heavy atom. The summed E-state index contributed by atoms with van der Waals surface area (Å²) in [4.78, 5) is 10.9. The molecule has 0 bridgehead atoms. The number of furan rings is 1. The number of aliphatic hydroxyl groups is 1. The third-order valence-corrected chi connectivity index (χ3v) is 1.93. The molecule has 1 aromatic heterocycles. The van der Waals surface area contributed by atoms with E-state index in [9.17, 15) is 9.90 Å². The van der Waals surface area contributed by atoms with Crippen molar-refractivity contribution in [1.29, 1.82) is 0 Å². The third-order valence-electron chi connectivity index (χ3n) is 1.93. The lowest BCUT2D eigenvalue weighted by molar-refractivity contribution is -0.120. The van der Waals surface area contributed by atoms with Crippen LogP contribution in [0.15, 0.2) is 22.8 Å². The zero-order valence-corrected chi connectivity index (χ0v) is 8.19. The Morgan fingerprint density at radius 2 is 2.50 bits per heavy atom. The largest absolute Gasteiger partial charge is 0.467 e. The zero-order valence-electron chi connectivity index (χ0n) is 8.19. The van der Waals surface area contributed by atoms with Crippen molar-refractivity contribution >= 4 is 5.91 Å². The summed E-state index contributed by atoms with van der Waals surface area (Å²) in [6, 6.07) is 3.44. The minimum absolute atomic E-state index is 0.00311. The molecule has 0 fully saturated rings. The maximum absolute atomic E-state index is 10.9. The molecule has 1 amide bonds. The SMILES string of the molecule is CCC(=O)NCCC(O)c1ccco1. The normalized spacial score (nSPS) is 12.4. The van der Waals surface area contributed by atoms with Gasteiger partial charge < -0.3 is 14.8 Å². The van der Waals surface area contributed by atoms with E-state index >= 15 is 0 Å². The predicted molar refractivity (Wildman–Crippen MR) is 51.6 cm³/mol. The highest BCUT2D eigenvalue weighted by atomic mass is 16.4. The first-order valence-corrected chi connectivity index (χ1v) is 4.72. The van der Waals surface area contributed by atoms with Crippen molar-refractivity contribution < 1.29 is 14.3 Å². The van der Waals surface area contributed by atoms with Gasteiger partial charge in [0, 0.05) is 13.0 Å². The quantitative estimate of drug-likeness (QED) is 0.746. The lowest BCUT2D eigenvalue weighted by atomic mass is 10.2. The van der Waals surface area contributed by atoms with E-state index < -0.39 is 6.10 Å². The second kappa shape index (κ2) is 5.44. The molecule has 0 aromatic carbocycles. The summed E-state index contributed by atoms with van der Waals surface area (Å²) in [6.45, 7) is 2.26. The van der Waals surface area contributed by atoms with Crippen LogP contribution in [0.1, 0.15) is 31.6 Å². The molecule has 1 aromatic rings. The molecule has 78 valence electrons. The number of hydrogen-bond donors (Lipinski definition) is 2. The fourth-order valence-electron chi connectivity index (χ4n) is 1.10. The highest BCUT2D eigenvalue weighted by molar-refractivity contribution is 5.75. The molecule has 0 aliphatic carbocycles. The van der Waals surface area contributed by atoms with Gasteiger partial charge in [0.05, 0.1) is 6.26 Å². The number of amides is 1. The molecule has 0 aliphatic heterocycles. The van der Waals surface area contributed by atoms with Gasteiger partial charge in [0.25, 0.3) is 0 Å². The van der Waals surface area contributed by atoms with Gasteiger partial charge >= 0.3 is 0 Å². The van der Waals surface area contributed by atoms with Crippen molar-refractivity contribution in [1.82, 2.24) is 5.32 Å². The Bertz CT molecular complexity index is 269. The van der Waals surface area contributed by atoms with Gasteiger partial charge in [0.15, 0.2) is 0 Å². The van der Waals surface area contributed by atoms with Gasteiger partial charge in [-0.25, -0.2) is 0 Å². The van der Waals surface area contributed by atoms with Crippen LogP contribution >= 0.6 is 0 Å². The van der Waals surface area contributed by atoms with E-state index in [1.807, 2.05) is 0 Å². The van der Waals surface area contributed by atoms with Crippen molar-refractivity contribution in [2.75, 3.05) is 6.54 Å². The number of carbonyl (C=O) groups is 1. The maximum atomic E-state index is 10.9. The number of nitrogens with one attached hydrogen (secondary N) is 1. The van der Waals surface area contributed by atoms with E-state index in [4.69, 9.17) is 4.42 Å². The summed E-state index contributed by atoms with van der Waals surface area (Å²) in [5.41, 5.74) is 0. The topological polar surface area (TPSA) is 62.5 Å². The van der Waals surface area contributed by atoms with Gasteiger partial charge in [-0.2, -0.15) is 0 Å². The standard InChI is InChI=1S/C10H15NO3/c1-2-10(13)11-6-5-8(12)9-4-3-7-14-9/h3-4,7-8,12H,2,5-6H2,1H3,(H,11,13). The van der Waals surface area contributed by atoms with Crippen molar-refractivity contribution in [2.45, 2.75) is 25.9 Å². The summed E-state index contributed by atoms with van der Waals surface area (Å²) >= 11 is 0. The van der Waals surface area contributed by atoms with Gasteiger partial charge in [0.1, 0.15) is 11.9 Å². The van der Waals surface area contributed by atoms with E-state index in [1.165, 1.54) is 6.26 Å². The Morgan fingerprint density at radius 3 is 3.07 bits per heavy atom. The molecule has 0 radical (unpaired) electrons. The fraction of sp³-hybridized carbons (Fsp3) is 0.500. The molecule has 2 N–H and O–H groups in total. The van der Waals surface area contributed by atoms with Crippen LogP contribution in [0, 0.1) is 0 Å². The number of aliphatic hydroxyl groups excluding tert-OH is 1. The minimum atomic E-state index is -0.637. The van der Waals surface area contributed by atoms with Crippen LogP contribution in [0.3, 0.4) is 0 Å². The molecule has 0 aliphatic rings. The Balaban J connectivity index is 2.22. The Hall–Kier alpha value is -1.29. The van der Waals surface area contributed by atoms with Crippen LogP contribution in [0.25, 0.3) is 0 Å². The van der Waals surface area contributed by atoms with Crippen LogP contribution in [-0.4, -0.2) is 17.6 Å². The first kappa shape index (κ1) is 10.8. The molecule has 0 saturated heterocycles. The van der Waals surface area contributed by atoms with Crippen molar-refractivity contribution in [2.24, 2.45) is 0 Å². The number of carbonyl (C=O) groups excluding carboxylic acids is 1. The Kier molecular flexibility index (Phi) is 4.19. The zero-order chi connectivity index (χ0) is 10.4. The average molecular weight is 197 g/mol. The molecule has 1 heterocycles. The minimum Gasteiger partial charge on any atom is -0.467 e. The van der Waals surface area contributed by atoms with Gasteiger partial charge in [-0.05, 0) is 18.6 Å². The summed E-state index contributed by atoms with van der Waals surface area (Å²) in [5.74, 6) is 0.535. The van der Waals surface area contributed by atoms with E-state index in [1.54, 1.807) is 19.1 Å². The van der Waals surface area contributed by atoms with Crippen LogP contribution in [0.5, 0.6) is 0 Å². The molecule has 4 nitrogen and oxygen atoms in total. The van der Waals surface area contributed by atoms with Gasteiger partial charge in [-0.3, -0.25) is 4.79 Å². The molecule has 4 heteroatoms. The molecule has 1 unspecified atom stereocenters. The van der Waals surface area contributed by atoms with E-state index in [2.05, 4.69) is 5.32 Å². The van der Waals surface area contributed by atoms with Crippen LogP contribution in [0.4, 0.5) is 0 Å². The molecule has 1 rings (SSSR count). The van der Waals surface area contributed by atoms with Crippen LogP contribution < -0.4 is 5.32 Å². The number of rotatable bonds is 5. The molecule has 0 spiro atoms. The van der Waals surface area contributed by atoms with Crippen molar-refractivity contribution in [3.05, 3.63) is 24.2 Å². The van der Waals surface area contributed by atoms with E-state index in [0.29, 0.717) is 25.1 Å². The van der Waals surface area contributed by atoms with Crippen molar-refractivity contribution in [3.8, 4) is 0 Å². The first-order valence-electron chi connectivity index (χ1n) is 4.72. The van der Waals surface area contributed by atoms with Crippen LogP contribution in [0.2, 0.25) is 0 Å². The summed E-state index contributed by atoms with van der Waals surface area (Å²) in [7, 11) is 0. The van der Waals surface area contributed by atoms with Crippen LogP contribution in [-0.2, 0) is 4.79 Å². The third kappa shape index (κ3) is 3.22. The maximum Gasteiger partial charge on any atom is 0.219 e. The smallest absolute Gasteiger partial charge is 0.219 e. The van der Waals surface area contributed by atoms with Gasteiger partial charge in [-0.15, -0.1) is 0 Å². The summed E-state index contributed by atoms with van der Waals surface area (Å²) < 4.78 is 5.02. The van der Waals surface area contributed by atoms with Gasteiger partial charge in [-0.1, -0.05) is 6.92 Å². The Labute approximate surface area is 82.9 Å². The summed E-state index contributed by atoms with van der Waals surface area (Å²) in [5, 5.41) is 12.2. The van der Waals surface area contributed by atoms with E-state index in [0.717, 1.165) is 0 Å². The monoisotopic (exact) mass is 197 g/mol. The molecule has 0 saturated carbocycles. The average Bonchev–Trinajstić information content (AvgIpc) is 2.70. The molecule has 14 heavy (non-hydrogen) atoms. The first-order chi connectivity index (χ1) is 6.74. The van der Waals surface area contributed by atoms with Gasteiger partial charge in [0.2, 0.25) is 5.91 Å². The fourth-order valence-corrected chi connectivity index (χ4v) is 1.10. The van der Waals surface area contributed by atoms with E-state index in [-0.39, 0.29) is 5.91 Å². The van der Waals surface area contributed by atoms with Crippen molar-refractivity contribution in [3.63, 3.8) is 0 Å². The highest BCUT2D eigenvalue weighted by Crippen LogP contribution is 2.15. The lowest BCUT2D eigenvalue weighted by Gasteiger charge is -2.07. The predicted octanol–water partition coefficient (Wildman–Crippen LogP) is 1.23. The second-order valence-electron chi connectivity index (χ2n) is 3.02. The molecule has 1 atom stereocenters. The summed E-state index contributed by atoms with van der Waals surface area (Å²) in [6.07, 6.45) is 1.82. The molecular weight excluding hydrogens is 182 g/mol. The molecular formula is C10H15NO3. The second-order valence-corrected chi connectivity index (χ2v) is 3.02. The highest BCUT2D eigenvalue weighted by Gasteiger charge is 2.09.